The quantitative estimate of drug-likeness (QED) is 0.215. The summed E-state index contributed by atoms with van der Waals surface area (Å²) in [5.41, 5.74) is 2.04. The fourth-order valence-electron chi connectivity index (χ4n) is 6.29. The van der Waals surface area contributed by atoms with E-state index >= 15 is 0 Å². The first-order valence-electron chi connectivity index (χ1n) is 14.8. The molecule has 3 rings (SSSR count). The van der Waals surface area contributed by atoms with Crippen LogP contribution >= 0.6 is 0 Å². The van der Waals surface area contributed by atoms with Gasteiger partial charge in [-0.25, -0.2) is 0 Å². The van der Waals surface area contributed by atoms with Gasteiger partial charge in [0.2, 0.25) is 5.91 Å². The lowest BCUT2D eigenvalue weighted by Crippen LogP contribution is -2.45. The maximum atomic E-state index is 13.7. The Bertz CT molecular complexity index is 957. The number of carboxylic acids is 1. The summed E-state index contributed by atoms with van der Waals surface area (Å²) < 4.78 is 5.70. The lowest BCUT2D eigenvalue weighted by molar-refractivity contribution is -0.144. The number of carboxylic acid groups (broad SMARTS) is 1. The van der Waals surface area contributed by atoms with Gasteiger partial charge in [0.05, 0.1) is 19.1 Å². The molecule has 0 aliphatic carbocycles. The second-order valence-corrected chi connectivity index (χ2v) is 11.9. The second-order valence-electron chi connectivity index (χ2n) is 11.9. The van der Waals surface area contributed by atoms with E-state index in [9.17, 15) is 14.7 Å². The van der Waals surface area contributed by atoms with E-state index in [2.05, 4.69) is 44.7 Å². The van der Waals surface area contributed by atoms with E-state index in [1.165, 1.54) is 12.8 Å². The maximum Gasteiger partial charge on any atom is 0.308 e. The van der Waals surface area contributed by atoms with E-state index in [4.69, 9.17) is 4.74 Å². The Kier molecular flexibility index (Phi) is 11.3. The lowest BCUT2D eigenvalue weighted by Gasteiger charge is -2.34. The fourth-order valence-corrected chi connectivity index (χ4v) is 6.29. The molecule has 2 aliphatic heterocycles. The highest BCUT2D eigenvalue weighted by Gasteiger charge is 2.48. The van der Waals surface area contributed by atoms with Crippen LogP contribution in [0.1, 0.15) is 96.6 Å². The van der Waals surface area contributed by atoms with Crippen molar-refractivity contribution in [3.8, 4) is 5.75 Å². The van der Waals surface area contributed by atoms with Gasteiger partial charge >= 0.3 is 5.97 Å². The van der Waals surface area contributed by atoms with Gasteiger partial charge in [0, 0.05) is 38.0 Å². The molecule has 0 saturated carbocycles. The van der Waals surface area contributed by atoms with Crippen molar-refractivity contribution in [1.82, 2.24) is 9.80 Å². The first-order valence-corrected chi connectivity index (χ1v) is 14.8. The van der Waals surface area contributed by atoms with Gasteiger partial charge < -0.3 is 14.7 Å². The van der Waals surface area contributed by atoms with Gasteiger partial charge in [-0.2, -0.15) is 0 Å². The van der Waals surface area contributed by atoms with Gasteiger partial charge in [0.1, 0.15) is 5.75 Å². The zero-order chi connectivity index (χ0) is 27.7. The van der Waals surface area contributed by atoms with Gasteiger partial charge in [0.25, 0.3) is 0 Å². The van der Waals surface area contributed by atoms with E-state index < -0.39 is 11.9 Å². The van der Waals surface area contributed by atoms with Crippen molar-refractivity contribution in [3.63, 3.8) is 0 Å². The maximum absolute atomic E-state index is 13.7. The molecule has 1 N–H and O–H groups in total. The third-order valence-electron chi connectivity index (χ3n) is 8.28. The molecule has 0 aromatic heterocycles. The molecular weight excluding hydrogens is 476 g/mol. The minimum absolute atomic E-state index is 0.135. The number of aliphatic carboxylic acids is 1. The molecule has 1 amide bonds. The summed E-state index contributed by atoms with van der Waals surface area (Å²) in [5, 5.41) is 10.5. The number of hydrogen-bond donors (Lipinski definition) is 1. The smallest absolute Gasteiger partial charge is 0.308 e. The number of amides is 1. The molecule has 38 heavy (non-hydrogen) atoms. The van der Waals surface area contributed by atoms with E-state index in [1.807, 2.05) is 30.0 Å². The summed E-state index contributed by atoms with van der Waals surface area (Å²) in [6.45, 7) is 13.8. The van der Waals surface area contributed by atoms with Crippen molar-refractivity contribution in [2.75, 3.05) is 32.8 Å². The van der Waals surface area contributed by atoms with Gasteiger partial charge in [-0.15, -0.1) is 0 Å². The van der Waals surface area contributed by atoms with E-state index in [1.54, 1.807) is 0 Å². The highest BCUT2D eigenvalue weighted by atomic mass is 16.5. The van der Waals surface area contributed by atoms with Crippen LogP contribution in [0.4, 0.5) is 0 Å². The molecule has 6 nitrogen and oxygen atoms in total. The lowest BCUT2D eigenvalue weighted by atomic mass is 9.77. The molecule has 2 heterocycles. The Balaban J connectivity index is 1.88. The summed E-state index contributed by atoms with van der Waals surface area (Å²) >= 11 is 0. The Labute approximate surface area is 230 Å². The number of benzene rings is 1. The molecule has 0 bridgehead atoms. The standard InChI is InChI=1S/C32H50N2O4/c1-6-9-11-12-18-33(17-10-7-2)29(35)23-34-22-26(24-13-14-28-25(20-24)15-19-38-28)30(31(36)37)27(34)21-32(4,5)16-8-3/h8,13-14,16,20,26-27,30H,6-7,9-12,15,17-19,21-23H2,1-5H3,(H,36,37)/b16-8+/t26-,27+,30-/m1/s1. The number of hydrogen-bond acceptors (Lipinski definition) is 4. The minimum atomic E-state index is -0.773. The predicted molar refractivity (Wildman–Crippen MR) is 154 cm³/mol. The van der Waals surface area contributed by atoms with Crippen molar-refractivity contribution >= 4 is 11.9 Å². The first kappa shape index (κ1) is 30.2. The minimum Gasteiger partial charge on any atom is -0.493 e. The van der Waals surface area contributed by atoms with E-state index in [0.717, 1.165) is 62.1 Å². The van der Waals surface area contributed by atoms with Crippen LogP contribution in [0.15, 0.2) is 30.4 Å². The number of carbonyl (C=O) groups excluding carboxylic acids is 1. The normalized spacial score (nSPS) is 21.6. The molecule has 6 heteroatoms. The van der Waals surface area contributed by atoms with Crippen molar-refractivity contribution in [2.24, 2.45) is 11.3 Å². The molecule has 212 valence electrons. The summed E-state index contributed by atoms with van der Waals surface area (Å²) in [6, 6.07) is 5.95. The van der Waals surface area contributed by atoms with Gasteiger partial charge in [-0.1, -0.05) is 77.7 Å². The number of nitrogens with zero attached hydrogens (tertiary/aromatic N) is 2. The van der Waals surface area contributed by atoms with Crippen molar-refractivity contribution in [1.29, 1.82) is 0 Å². The largest absolute Gasteiger partial charge is 0.493 e. The highest BCUT2D eigenvalue weighted by Crippen LogP contribution is 2.43. The zero-order valence-electron chi connectivity index (χ0n) is 24.4. The average molecular weight is 527 g/mol. The number of fused-ring (bicyclic) bond motifs is 1. The monoisotopic (exact) mass is 526 g/mol. The number of unbranched alkanes of at least 4 members (excludes halogenated alkanes) is 4. The number of carbonyl (C=O) groups is 2. The summed E-state index contributed by atoms with van der Waals surface area (Å²) in [7, 11) is 0. The summed E-state index contributed by atoms with van der Waals surface area (Å²) in [4.78, 5) is 30.7. The molecule has 1 saturated heterocycles. The Hall–Kier alpha value is -2.34. The Morgan fingerprint density at radius 1 is 1.13 bits per heavy atom. The zero-order valence-corrected chi connectivity index (χ0v) is 24.4. The Morgan fingerprint density at radius 2 is 1.87 bits per heavy atom. The molecular formula is C32H50N2O4. The molecule has 0 radical (unpaired) electrons. The van der Waals surface area contributed by atoms with E-state index in [-0.39, 0.29) is 29.8 Å². The number of ether oxygens (including phenoxy) is 1. The first-order chi connectivity index (χ1) is 18.2. The molecule has 1 aromatic rings. The SMILES string of the molecule is C/C=C/C(C)(C)C[C@H]1[C@H](C(=O)O)[C@@H](c2ccc3c(c2)CCO3)CN1CC(=O)N(CCCC)CCCCCC. The van der Waals surface area contributed by atoms with Crippen LogP contribution in [-0.2, 0) is 16.0 Å². The third-order valence-corrected chi connectivity index (χ3v) is 8.28. The number of rotatable bonds is 15. The molecule has 1 aromatic carbocycles. The van der Waals surface area contributed by atoms with Crippen molar-refractivity contribution < 1.29 is 19.4 Å². The molecule has 1 fully saturated rings. The number of likely N-dealkylation sites (tertiary alicyclic amines) is 1. The second kappa shape index (κ2) is 14.2. The van der Waals surface area contributed by atoms with Crippen LogP contribution < -0.4 is 4.74 Å². The molecule has 0 spiro atoms. The summed E-state index contributed by atoms with van der Waals surface area (Å²) in [6.07, 6.45) is 12.3. The van der Waals surface area contributed by atoms with Gasteiger partial charge in [0.15, 0.2) is 0 Å². The average Bonchev–Trinajstić information content (AvgIpc) is 3.47. The van der Waals surface area contributed by atoms with Crippen LogP contribution in [0.2, 0.25) is 0 Å². The fraction of sp³-hybridized carbons (Fsp3) is 0.688. The van der Waals surface area contributed by atoms with E-state index in [0.29, 0.717) is 19.6 Å². The van der Waals surface area contributed by atoms with Crippen LogP contribution in [0.3, 0.4) is 0 Å². The third kappa shape index (κ3) is 7.84. The number of allylic oxidation sites excluding steroid dienone is 2. The van der Waals surface area contributed by atoms with Crippen LogP contribution in [0, 0.1) is 11.3 Å². The van der Waals surface area contributed by atoms with Crippen LogP contribution in [0.5, 0.6) is 5.75 Å². The van der Waals surface area contributed by atoms with Crippen LogP contribution in [-0.4, -0.2) is 65.6 Å². The highest BCUT2D eigenvalue weighted by molar-refractivity contribution is 5.79. The Morgan fingerprint density at radius 3 is 2.55 bits per heavy atom. The molecule has 0 unspecified atom stereocenters. The van der Waals surface area contributed by atoms with Gasteiger partial charge in [-0.3, -0.25) is 14.5 Å². The molecule has 2 aliphatic rings. The van der Waals surface area contributed by atoms with Crippen molar-refractivity contribution in [3.05, 3.63) is 41.5 Å². The van der Waals surface area contributed by atoms with Crippen molar-refractivity contribution in [2.45, 2.75) is 97.9 Å². The van der Waals surface area contributed by atoms with Gasteiger partial charge in [-0.05, 0) is 48.8 Å². The predicted octanol–water partition coefficient (Wildman–Crippen LogP) is 6.29. The topological polar surface area (TPSA) is 70.1 Å². The molecule has 3 atom stereocenters. The van der Waals surface area contributed by atoms with Crippen LogP contribution in [0.25, 0.3) is 0 Å². The summed E-state index contributed by atoms with van der Waals surface area (Å²) in [5.74, 6) is -0.458.